The van der Waals surface area contributed by atoms with Crippen LogP contribution < -0.4 is 9.39 Å². The van der Waals surface area contributed by atoms with Crippen molar-refractivity contribution in [3.63, 3.8) is 0 Å². The van der Waals surface area contributed by atoms with Gasteiger partial charge in [0, 0.05) is 0 Å². The molecular weight excluding hydrogens is 431 g/mol. The molecule has 0 spiro atoms. The highest BCUT2D eigenvalue weighted by atomic mass is 32.2. The summed E-state index contributed by atoms with van der Waals surface area (Å²) in [6.07, 6.45) is 0.435. The number of aromatic nitrogens is 2. The van der Waals surface area contributed by atoms with Gasteiger partial charge in [-0.05, 0) is 38.8 Å². The number of esters is 2. The highest BCUT2D eigenvalue weighted by Crippen LogP contribution is 2.40. The van der Waals surface area contributed by atoms with Gasteiger partial charge in [0.05, 0.1) is 17.7 Å². The molecule has 0 bridgehead atoms. The van der Waals surface area contributed by atoms with Crippen LogP contribution in [0, 0.1) is 5.41 Å². The fourth-order valence-electron chi connectivity index (χ4n) is 2.65. The van der Waals surface area contributed by atoms with Crippen LogP contribution >= 0.6 is 23.1 Å². The standard InChI is InChI=1S/C18H21BN2O7S2/c1-18(2,3)16(23)27-9-26-15(22)13-11(25-4)6-5-10-7-12(19(24)28-14(10)13)30-17-21-20-8-29-17/h5-6,8,12,24H,7,9H2,1-4H3/t12-/m0/s1. The Morgan fingerprint density at radius 2 is 2.13 bits per heavy atom. The van der Waals surface area contributed by atoms with E-state index in [0.29, 0.717) is 16.3 Å². The van der Waals surface area contributed by atoms with Gasteiger partial charge in [0.1, 0.15) is 22.6 Å². The second-order valence-corrected chi connectivity index (χ2v) is 9.76. The lowest BCUT2D eigenvalue weighted by atomic mass is 9.77. The molecule has 1 atom stereocenters. The lowest BCUT2D eigenvalue weighted by molar-refractivity contribution is -0.161. The number of rotatable bonds is 6. The first kappa shape index (κ1) is 22.4. The SMILES string of the molecule is COc1ccc2c(c1C(=O)OCOC(=O)C(C)(C)C)OB(O)[C@@H](Sc1nncs1)C2. The Labute approximate surface area is 182 Å². The normalized spacial score (nSPS) is 15.8. The molecular formula is C18H21BN2O7S2. The lowest BCUT2D eigenvalue weighted by Crippen LogP contribution is -2.41. The Morgan fingerprint density at radius 1 is 1.37 bits per heavy atom. The Kier molecular flexibility index (Phi) is 6.89. The summed E-state index contributed by atoms with van der Waals surface area (Å²) in [5, 5.41) is 17.9. The summed E-state index contributed by atoms with van der Waals surface area (Å²) in [6, 6.07) is 3.40. The van der Waals surface area contributed by atoms with E-state index in [4.69, 9.17) is 18.9 Å². The maximum absolute atomic E-state index is 12.7. The maximum Gasteiger partial charge on any atom is 0.537 e. The smallest absolute Gasteiger partial charge is 0.534 e. The number of nitrogens with zero attached hydrogens (tertiary/aromatic N) is 2. The zero-order valence-electron chi connectivity index (χ0n) is 16.9. The molecule has 0 fully saturated rings. The van der Waals surface area contributed by atoms with Crippen LogP contribution in [0.25, 0.3) is 0 Å². The molecule has 30 heavy (non-hydrogen) atoms. The quantitative estimate of drug-likeness (QED) is 0.398. The largest absolute Gasteiger partial charge is 0.537 e. The number of methoxy groups -OCH3 is 1. The minimum atomic E-state index is -1.18. The monoisotopic (exact) mass is 452 g/mol. The number of carbonyl (C=O) groups excluding carboxylic acids is 2. The molecule has 1 aliphatic heterocycles. The molecule has 1 aromatic heterocycles. The average molecular weight is 452 g/mol. The summed E-state index contributed by atoms with van der Waals surface area (Å²) in [6.45, 7) is 4.54. The number of benzene rings is 1. The highest BCUT2D eigenvalue weighted by Gasteiger charge is 2.39. The van der Waals surface area contributed by atoms with Crippen LogP contribution in [0.5, 0.6) is 11.5 Å². The van der Waals surface area contributed by atoms with Gasteiger partial charge in [-0.2, -0.15) is 0 Å². The van der Waals surface area contributed by atoms with Gasteiger partial charge in [0.15, 0.2) is 4.34 Å². The Balaban J connectivity index is 1.77. The highest BCUT2D eigenvalue weighted by molar-refractivity contribution is 8.02. The zero-order valence-corrected chi connectivity index (χ0v) is 18.5. The van der Waals surface area contributed by atoms with E-state index in [-0.39, 0.29) is 22.2 Å². The van der Waals surface area contributed by atoms with Gasteiger partial charge >= 0.3 is 19.1 Å². The molecule has 0 saturated heterocycles. The van der Waals surface area contributed by atoms with Crippen LogP contribution in [0.3, 0.4) is 0 Å². The minimum absolute atomic E-state index is 0.0280. The topological polar surface area (TPSA) is 117 Å². The van der Waals surface area contributed by atoms with Crippen molar-refractivity contribution in [2.45, 2.75) is 36.7 Å². The van der Waals surface area contributed by atoms with E-state index in [9.17, 15) is 14.6 Å². The van der Waals surface area contributed by atoms with Gasteiger partial charge in [-0.1, -0.05) is 29.2 Å². The van der Waals surface area contributed by atoms with Crippen molar-refractivity contribution >= 4 is 42.2 Å². The molecule has 0 radical (unpaired) electrons. The predicted molar refractivity (Wildman–Crippen MR) is 111 cm³/mol. The number of hydrogen-bond donors (Lipinski definition) is 1. The second kappa shape index (κ2) is 9.23. The molecule has 0 unspecified atom stereocenters. The van der Waals surface area contributed by atoms with E-state index in [1.807, 2.05) is 0 Å². The predicted octanol–water partition coefficient (Wildman–Crippen LogP) is 2.37. The van der Waals surface area contributed by atoms with Crippen molar-refractivity contribution in [3.8, 4) is 11.5 Å². The van der Waals surface area contributed by atoms with Gasteiger partial charge in [-0.3, -0.25) is 4.79 Å². The van der Waals surface area contributed by atoms with Crippen molar-refractivity contribution in [3.05, 3.63) is 28.8 Å². The molecule has 0 aliphatic carbocycles. The summed E-state index contributed by atoms with van der Waals surface area (Å²) in [5.74, 6) is -0.875. The summed E-state index contributed by atoms with van der Waals surface area (Å²) in [7, 11) is 0.231. The van der Waals surface area contributed by atoms with Crippen molar-refractivity contribution < 1.29 is 33.5 Å². The van der Waals surface area contributed by atoms with Gasteiger partial charge in [-0.15, -0.1) is 10.2 Å². The Morgan fingerprint density at radius 3 is 2.77 bits per heavy atom. The third-order valence-electron chi connectivity index (χ3n) is 4.19. The first-order valence-corrected chi connectivity index (χ1v) is 10.8. The van der Waals surface area contributed by atoms with E-state index in [2.05, 4.69) is 10.2 Å². The molecule has 12 heteroatoms. The van der Waals surface area contributed by atoms with Crippen LogP contribution in [0.1, 0.15) is 36.7 Å². The Bertz CT molecular complexity index is 918. The second-order valence-electron chi connectivity index (χ2n) is 7.44. The first-order valence-electron chi connectivity index (χ1n) is 9.02. The third kappa shape index (κ3) is 5.05. The van der Waals surface area contributed by atoms with Crippen LogP contribution in [0.2, 0.25) is 0 Å². The van der Waals surface area contributed by atoms with Crippen molar-refractivity contribution in [2.24, 2.45) is 5.41 Å². The van der Waals surface area contributed by atoms with Gasteiger partial charge < -0.3 is 23.9 Å². The van der Waals surface area contributed by atoms with Gasteiger partial charge in [-0.25, -0.2) is 4.79 Å². The molecule has 3 rings (SSSR count). The average Bonchev–Trinajstić information content (AvgIpc) is 3.20. The molecule has 2 heterocycles. The molecule has 0 saturated carbocycles. The van der Waals surface area contributed by atoms with Gasteiger partial charge in [0.25, 0.3) is 0 Å². The number of fused-ring (bicyclic) bond motifs is 1. The van der Waals surface area contributed by atoms with Crippen molar-refractivity contribution in [1.29, 1.82) is 0 Å². The van der Waals surface area contributed by atoms with Crippen LogP contribution in [-0.4, -0.2) is 53.3 Å². The van der Waals surface area contributed by atoms with E-state index in [1.54, 1.807) is 38.4 Å². The fraction of sp³-hybridized carbons (Fsp3) is 0.444. The third-order valence-corrected chi connectivity index (χ3v) is 6.23. The maximum atomic E-state index is 12.7. The van der Waals surface area contributed by atoms with Crippen molar-refractivity contribution in [2.75, 3.05) is 13.9 Å². The zero-order chi connectivity index (χ0) is 21.9. The summed E-state index contributed by atoms with van der Waals surface area (Å²) in [4.78, 5) is 24.5. The molecule has 9 nitrogen and oxygen atoms in total. The molecule has 0 amide bonds. The van der Waals surface area contributed by atoms with E-state index in [1.165, 1.54) is 30.2 Å². The molecule has 160 valence electrons. The summed E-state index contributed by atoms with van der Waals surface area (Å²) < 4.78 is 21.7. The first-order chi connectivity index (χ1) is 14.2. The van der Waals surface area contributed by atoms with Crippen molar-refractivity contribution in [1.82, 2.24) is 10.2 Å². The lowest BCUT2D eigenvalue weighted by Gasteiger charge is -2.28. The van der Waals surface area contributed by atoms with Crippen LogP contribution in [0.4, 0.5) is 0 Å². The van der Waals surface area contributed by atoms with E-state index >= 15 is 0 Å². The summed E-state index contributed by atoms with van der Waals surface area (Å²) in [5.41, 5.74) is 1.63. The number of hydrogen-bond acceptors (Lipinski definition) is 11. The van der Waals surface area contributed by atoms with Gasteiger partial charge in [0.2, 0.25) is 6.79 Å². The minimum Gasteiger partial charge on any atom is -0.534 e. The van der Waals surface area contributed by atoms with Crippen LogP contribution in [-0.2, 0) is 20.7 Å². The number of thioether (sulfide) groups is 1. The molecule has 1 aliphatic rings. The van der Waals surface area contributed by atoms with E-state index < -0.39 is 31.3 Å². The number of carbonyl (C=O) groups is 2. The molecule has 2 aromatic rings. The molecule has 1 N–H and O–H groups in total. The fourth-order valence-corrected chi connectivity index (χ4v) is 4.44. The van der Waals surface area contributed by atoms with Crippen LogP contribution in [0.15, 0.2) is 22.0 Å². The van der Waals surface area contributed by atoms with E-state index in [0.717, 1.165) is 0 Å². The Hall–Kier alpha value is -2.31. The number of ether oxygens (including phenoxy) is 3. The molecule has 1 aromatic carbocycles. The summed E-state index contributed by atoms with van der Waals surface area (Å²) >= 11 is 2.72.